The summed E-state index contributed by atoms with van der Waals surface area (Å²) in [5.74, 6) is 3.12. The quantitative estimate of drug-likeness (QED) is 0.255. The lowest BCUT2D eigenvalue weighted by Gasteiger charge is -2.10. The fourth-order valence-electron chi connectivity index (χ4n) is 2.71. The van der Waals surface area contributed by atoms with E-state index in [0.29, 0.717) is 25.6 Å². The number of rotatable bonds is 8. The molecule has 3 rings (SSSR count). The molecule has 160 valence electrons. The summed E-state index contributed by atoms with van der Waals surface area (Å²) in [5, 5.41) is 6.50. The van der Waals surface area contributed by atoms with Gasteiger partial charge in [-0.15, -0.1) is 24.0 Å². The Labute approximate surface area is 195 Å². The highest BCUT2D eigenvalue weighted by atomic mass is 127. The number of nitrogens with zero attached hydrogens (tertiary/aromatic N) is 2. The zero-order chi connectivity index (χ0) is 20.5. The number of aromatic nitrogens is 1. The number of para-hydroxylation sites is 1. The fraction of sp³-hybridized carbons (Fsp3) is 0.304. The average molecular weight is 520 g/mol. The third-order valence-electron chi connectivity index (χ3n) is 4.42. The Morgan fingerprint density at radius 1 is 1.00 bits per heavy atom. The molecule has 0 aliphatic rings. The first-order chi connectivity index (χ1) is 14.1. The van der Waals surface area contributed by atoms with Crippen molar-refractivity contribution in [3.8, 4) is 5.75 Å². The second-order valence-electron chi connectivity index (χ2n) is 6.72. The Morgan fingerprint density at radius 3 is 2.33 bits per heavy atom. The van der Waals surface area contributed by atoms with Gasteiger partial charge in [-0.25, -0.2) is 9.98 Å². The topological polar surface area (TPSA) is 71.7 Å². The lowest BCUT2D eigenvalue weighted by molar-refractivity contribution is 0.306. The van der Waals surface area contributed by atoms with Crippen LogP contribution in [0, 0.1) is 13.8 Å². The van der Waals surface area contributed by atoms with Crippen LogP contribution in [0.5, 0.6) is 5.75 Å². The van der Waals surface area contributed by atoms with Crippen molar-refractivity contribution in [1.82, 2.24) is 15.6 Å². The van der Waals surface area contributed by atoms with Crippen LogP contribution in [0.1, 0.15) is 35.4 Å². The number of oxazole rings is 1. The molecule has 2 N–H and O–H groups in total. The van der Waals surface area contributed by atoms with Crippen molar-refractivity contribution in [1.29, 1.82) is 0 Å². The first kappa shape index (κ1) is 23.7. The van der Waals surface area contributed by atoms with E-state index in [1.165, 1.54) is 0 Å². The maximum atomic E-state index is 5.78. The first-order valence-electron chi connectivity index (χ1n) is 9.85. The van der Waals surface area contributed by atoms with Gasteiger partial charge in [-0.3, -0.25) is 0 Å². The monoisotopic (exact) mass is 520 g/mol. The standard InChI is InChI=1S/C23H28N4O2.HI/c1-4-24-23(26-15-22-27-17(2)18(3)29-22)25-14-19-10-12-20(13-11-19)16-28-21-8-6-5-7-9-21;/h5-13H,4,14-16H2,1-3H3,(H2,24,25,26);1H. The first-order valence-corrected chi connectivity index (χ1v) is 9.85. The molecule has 6 nitrogen and oxygen atoms in total. The van der Waals surface area contributed by atoms with E-state index in [0.717, 1.165) is 40.8 Å². The van der Waals surface area contributed by atoms with Crippen molar-refractivity contribution in [3.05, 3.63) is 83.1 Å². The number of hydrogen-bond donors (Lipinski definition) is 2. The van der Waals surface area contributed by atoms with Gasteiger partial charge in [-0.1, -0.05) is 42.5 Å². The summed E-state index contributed by atoms with van der Waals surface area (Å²) in [6.07, 6.45) is 0. The van der Waals surface area contributed by atoms with Gasteiger partial charge in [0.15, 0.2) is 5.96 Å². The largest absolute Gasteiger partial charge is 0.489 e. The number of aliphatic imine (C=N–C) groups is 1. The van der Waals surface area contributed by atoms with Gasteiger partial charge in [0.05, 0.1) is 18.8 Å². The van der Waals surface area contributed by atoms with Crippen molar-refractivity contribution in [3.63, 3.8) is 0 Å². The molecule has 7 heteroatoms. The lowest BCUT2D eigenvalue weighted by Crippen LogP contribution is -2.36. The maximum Gasteiger partial charge on any atom is 0.214 e. The van der Waals surface area contributed by atoms with Crippen LogP contribution >= 0.6 is 24.0 Å². The van der Waals surface area contributed by atoms with Crippen molar-refractivity contribution in [2.45, 2.75) is 40.5 Å². The molecule has 1 aromatic heterocycles. The lowest BCUT2D eigenvalue weighted by atomic mass is 10.1. The summed E-state index contributed by atoms with van der Waals surface area (Å²) in [5.41, 5.74) is 3.18. The molecular weight excluding hydrogens is 491 g/mol. The Kier molecular flexibility index (Phi) is 9.66. The Morgan fingerprint density at radius 2 is 1.70 bits per heavy atom. The van der Waals surface area contributed by atoms with Crippen LogP contribution in [0.3, 0.4) is 0 Å². The summed E-state index contributed by atoms with van der Waals surface area (Å²) >= 11 is 0. The molecule has 2 aromatic carbocycles. The van der Waals surface area contributed by atoms with Crippen LogP contribution < -0.4 is 15.4 Å². The van der Waals surface area contributed by atoms with Crippen LogP contribution in [0.4, 0.5) is 0 Å². The normalized spacial score (nSPS) is 11.0. The van der Waals surface area contributed by atoms with E-state index >= 15 is 0 Å². The molecule has 0 spiro atoms. The second-order valence-corrected chi connectivity index (χ2v) is 6.72. The molecule has 0 atom stereocenters. The van der Waals surface area contributed by atoms with E-state index in [9.17, 15) is 0 Å². The van der Waals surface area contributed by atoms with E-state index in [1.807, 2.05) is 51.1 Å². The summed E-state index contributed by atoms with van der Waals surface area (Å²) in [4.78, 5) is 9.03. The molecule has 3 aromatic rings. The van der Waals surface area contributed by atoms with Gasteiger partial charge < -0.3 is 19.8 Å². The van der Waals surface area contributed by atoms with Crippen LogP contribution in [0.2, 0.25) is 0 Å². The second kappa shape index (κ2) is 12.2. The van der Waals surface area contributed by atoms with Gasteiger partial charge in [0, 0.05) is 6.54 Å². The van der Waals surface area contributed by atoms with E-state index in [4.69, 9.17) is 9.15 Å². The Bertz CT molecular complexity index is 905. The minimum Gasteiger partial charge on any atom is -0.489 e. The van der Waals surface area contributed by atoms with Gasteiger partial charge in [-0.2, -0.15) is 0 Å². The van der Waals surface area contributed by atoms with Crippen LogP contribution in [-0.2, 0) is 19.7 Å². The third kappa shape index (κ3) is 7.37. The molecule has 0 fully saturated rings. The highest BCUT2D eigenvalue weighted by Gasteiger charge is 2.06. The third-order valence-corrected chi connectivity index (χ3v) is 4.42. The maximum absolute atomic E-state index is 5.78. The predicted octanol–water partition coefficient (Wildman–Crippen LogP) is 4.74. The zero-order valence-electron chi connectivity index (χ0n) is 17.6. The van der Waals surface area contributed by atoms with Gasteiger partial charge in [0.1, 0.15) is 18.1 Å². The highest BCUT2D eigenvalue weighted by molar-refractivity contribution is 14.0. The highest BCUT2D eigenvalue weighted by Crippen LogP contribution is 2.13. The average Bonchev–Trinajstić information content (AvgIpc) is 3.07. The zero-order valence-corrected chi connectivity index (χ0v) is 20.0. The summed E-state index contributed by atoms with van der Waals surface area (Å²) < 4.78 is 11.4. The van der Waals surface area contributed by atoms with E-state index < -0.39 is 0 Å². The SMILES string of the molecule is CCNC(=NCc1ccc(COc2ccccc2)cc1)NCc1nc(C)c(C)o1.I. The smallest absolute Gasteiger partial charge is 0.214 e. The van der Waals surface area contributed by atoms with Gasteiger partial charge in [-0.05, 0) is 44.0 Å². The number of benzene rings is 2. The van der Waals surface area contributed by atoms with Gasteiger partial charge >= 0.3 is 0 Å². The molecular formula is C23H29IN4O2. The molecule has 0 saturated heterocycles. The number of nitrogens with one attached hydrogen (secondary N) is 2. The Balaban J connectivity index is 0.00000320. The molecule has 0 unspecified atom stereocenters. The molecule has 0 radical (unpaired) electrons. The van der Waals surface area contributed by atoms with Crippen molar-refractivity contribution in [2.24, 2.45) is 4.99 Å². The van der Waals surface area contributed by atoms with E-state index in [-0.39, 0.29) is 24.0 Å². The minimum atomic E-state index is 0. The molecule has 0 bridgehead atoms. The van der Waals surface area contributed by atoms with E-state index in [2.05, 4.69) is 44.9 Å². The van der Waals surface area contributed by atoms with E-state index in [1.54, 1.807) is 0 Å². The van der Waals surface area contributed by atoms with Crippen molar-refractivity contribution < 1.29 is 9.15 Å². The molecule has 30 heavy (non-hydrogen) atoms. The molecule has 0 aliphatic heterocycles. The van der Waals surface area contributed by atoms with Crippen LogP contribution in [0.15, 0.2) is 64.0 Å². The summed E-state index contributed by atoms with van der Waals surface area (Å²) in [7, 11) is 0. The Hall–Kier alpha value is -2.55. The summed E-state index contributed by atoms with van der Waals surface area (Å²) in [6, 6.07) is 18.1. The van der Waals surface area contributed by atoms with Gasteiger partial charge in [0.2, 0.25) is 5.89 Å². The molecule has 0 amide bonds. The predicted molar refractivity (Wildman–Crippen MR) is 130 cm³/mol. The number of aryl methyl sites for hydroxylation is 2. The number of hydrogen-bond acceptors (Lipinski definition) is 4. The number of ether oxygens (including phenoxy) is 1. The number of halogens is 1. The van der Waals surface area contributed by atoms with Crippen molar-refractivity contribution in [2.75, 3.05) is 6.54 Å². The minimum absolute atomic E-state index is 0. The molecule has 0 saturated carbocycles. The molecule has 1 heterocycles. The van der Waals surface area contributed by atoms with Crippen LogP contribution in [-0.4, -0.2) is 17.5 Å². The molecule has 0 aliphatic carbocycles. The fourth-order valence-corrected chi connectivity index (χ4v) is 2.71. The van der Waals surface area contributed by atoms with Gasteiger partial charge in [0.25, 0.3) is 0 Å². The van der Waals surface area contributed by atoms with Crippen molar-refractivity contribution >= 4 is 29.9 Å². The van der Waals surface area contributed by atoms with Crippen LogP contribution in [0.25, 0.3) is 0 Å². The summed E-state index contributed by atoms with van der Waals surface area (Å²) in [6.45, 7) is 8.31. The number of guanidine groups is 1.